The highest BCUT2D eigenvalue weighted by molar-refractivity contribution is 9.09. The van der Waals surface area contributed by atoms with Crippen LogP contribution in [0.15, 0.2) is 18.2 Å². The zero-order valence-corrected chi connectivity index (χ0v) is 12.9. The van der Waals surface area contributed by atoms with Crippen molar-refractivity contribution in [1.29, 1.82) is 0 Å². The van der Waals surface area contributed by atoms with Crippen molar-refractivity contribution in [1.82, 2.24) is 0 Å². The van der Waals surface area contributed by atoms with Gasteiger partial charge in [-0.3, -0.25) is 0 Å². The minimum absolute atomic E-state index is 0.199. The molecule has 2 rings (SSSR count). The summed E-state index contributed by atoms with van der Waals surface area (Å²) in [6.07, 6.45) is 2.09. The summed E-state index contributed by atoms with van der Waals surface area (Å²) in [6, 6.07) is 5.75. The van der Waals surface area contributed by atoms with Crippen LogP contribution >= 0.6 is 27.5 Å². The first kappa shape index (κ1) is 14.2. The second-order valence-corrected chi connectivity index (χ2v) is 5.94. The van der Waals surface area contributed by atoms with Crippen molar-refractivity contribution in [3.05, 3.63) is 28.8 Å². The number of ether oxygens (including phenoxy) is 2. The molecule has 0 saturated carbocycles. The van der Waals surface area contributed by atoms with Crippen LogP contribution in [0.1, 0.15) is 18.4 Å². The van der Waals surface area contributed by atoms with Gasteiger partial charge in [-0.2, -0.15) is 0 Å². The molecule has 100 valence electrons. The van der Waals surface area contributed by atoms with Gasteiger partial charge in [-0.15, -0.1) is 0 Å². The molecule has 18 heavy (non-hydrogen) atoms. The third-order valence-electron chi connectivity index (χ3n) is 3.51. The highest BCUT2D eigenvalue weighted by Gasteiger charge is 2.32. The van der Waals surface area contributed by atoms with Crippen LogP contribution in [0, 0.1) is 12.3 Å². The predicted molar refractivity (Wildman–Crippen MR) is 78.0 cm³/mol. The Morgan fingerprint density at radius 1 is 1.39 bits per heavy atom. The van der Waals surface area contributed by atoms with Crippen LogP contribution in [-0.2, 0) is 4.74 Å². The summed E-state index contributed by atoms with van der Waals surface area (Å²) in [5, 5.41) is 1.71. The van der Waals surface area contributed by atoms with E-state index in [-0.39, 0.29) is 5.41 Å². The van der Waals surface area contributed by atoms with Crippen molar-refractivity contribution < 1.29 is 9.47 Å². The molecule has 1 aliphatic rings. The average Bonchev–Trinajstić information content (AvgIpc) is 2.39. The van der Waals surface area contributed by atoms with Crippen LogP contribution in [0.2, 0.25) is 5.02 Å². The van der Waals surface area contributed by atoms with Gasteiger partial charge in [0.2, 0.25) is 0 Å². The summed E-state index contributed by atoms with van der Waals surface area (Å²) >= 11 is 9.56. The van der Waals surface area contributed by atoms with Gasteiger partial charge in [-0.25, -0.2) is 0 Å². The number of hydrogen-bond acceptors (Lipinski definition) is 2. The first-order valence-corrected chi connectivity index (χ1v) is 7.68. The predicted octanol–water partition coefficient (Wildman–Crippen LogP) is 4.22. The highest BCUT2D eigenvalue weighted by atomic mass is 79.9. The Hall–Kier alpha value is -0.250. The van der Waals surface area contributed by atoms with Gasteiger partial charge in [0, 0.05) is 29.0 Å². The van der Waals surface area contributed by atoms with E-state index < -0.39 is 0 Å². The van der Waals surface area contributed by atoms with Gasteiger partial charge in [0.05, 0.1) is 6.61 Å². The van der Waals surface area contributed by atoms with Crippen LogP contribution in [0.25, 0.3) is 0 Å². The topological polar surface area (TPSA) is 18.5 Å². The van der Waals surface area contributed by atoms with Crippen LogP contribution in [0.4, 0.5) is 0 Å². The maximum Gasteiger partial charge on any atom is 0.122 e. The monoisotopic (exact) mass is 332 g/mol. The van der Waals surface area contributed by atoms with E-state index in [9.17, 15) is 0 Å². The summed E-state index contributed by atoms with van der Waals surface area (Å²) in [4.78, 5) is 0. The van der Waals surface area contributed by atoms with Crippen LogP contribution in [-0.4, -0.2) is 25.2 Å². The third kappa shape index (κ3) is 3.40. The lowest BCUT2D eigenvalue weighted by molar-refractivity contribution is 0.00344. The fraction of sp³-hybridized carbons (Fsp3) is 0.571. The van der Waals surface area contributed by atoms with E-state index in [1.54, 1.807) is 0 Å². The molecule has 0 aliphatic carbocycles. The zero-order chi connectivity index (χ0) is 13.0. The van der Waals surface area contributed by atoms with E-state index in [0.717, 1.165) is 54.3 Å². The smallest absolute Gasteiger partial charge is 0.122 e. The molecule has 0 unspecified atom stereocenters. The number of alkyl halides is 1. The molecule has 0 aromatic heterocycles. The minimum atomic E-state index is 0.199. The van der Waals surface area contributed by atoms with E-state index in [0.29, 0.717) is 0 Å². The molecular weight excluding hydrogens is 316 g/mol. The van der Waals surface area contributed by atoms with Crippen molar-refractivity contribution in [2.45, 2.75) is 19.8 Å². The molecular formula is C14H18BrClO2. The molecule has 1 aromatic rings. The van der Waals surface area contributed by atoms with E-state index in [1.165, 1.54) is 0 Å². The number of halogens is 2. The molecule has 0 radical (unpaired) electrons. The van der Waals surface area contributed by atoms with Crippen molar-refractivity contribution in [2.24, 2.45) is 5.41 Å². The lowest BCUT2D eigenvalue weighted by atomic mass is 9.83. The normalized spacial score (nSPS) is 18.6. The molecule has 1 fully saturated rings. The van der Waals surface area contributed by atoms with Gasteiger partial charge in [0.1, 0.15) is 5.75 Å². The summed E-state index contributed by atoms with van der Waals surface area (Å²) in [6.45, 7) is 4.40. The lowest BCUT2D eigenvalue weighted by Gasteiger charge is -2.35. The summed E-state index contributed by atoms with van der Waals surface area (Å²) in [7, 11) is 0. The number of benzene rings is 1. The quantitative estimate of drug-likeness (QED) is 0.768. The standard InChI is InChI=1S/C14H18BrClO2/c1-11-8-12(16)2-3-13(11)18-10-14(9-15)4-6-17-7-5-14/h2-3,8H,4-7,9-10H2,1H3. The molecule has 1 aromatic carbocycles. The largest absolute Gasteiger partial charge is 0.493 e. The Balaban J connectivity index is 2.01. The van der Waals surface area contributed by atoms with Crippen LogP contribution < -0.4 is 4.74 Å². The van der Waals surface area contributed by atoms with Crippen molar-refractivity contribution in [2.75, 3.05) is 25.2 Å². The first-order valence-electron chi connectivity index (χ1n) is 6.18. The summed E-state index contributed by atoms with van der Waals surface area (Å²) in [5.41, 5.74) is 1.28. The van der Waals surface area contributed by atoms with Gasteiger partial charge in [0.15, 0.2) is 0 Å². The number of rotatable bonds is 4. The summed E-state index contributed by atoms with van der Waals surface area (Å²) < 4.78 is 11.4. The molecule has 1 saturated heterocycles. The van der Waals surface area contributed by atoms with Crippen molar-refractivity contribution >= 4 is 27.5 Å². The van der Waals surface area contributed by atoms with Gasteiger partial charge in [0.25, 0.3) is 0 Å². The molecule has 0 N–H and O–H groups in total. The molecule has 4 heteroatoms. The highest BCUT2D eigenvalue weighted by Crippen LogP contribution is 2.34. The van der Waals surface area contributed by atoms with Crippen molar-refractivity contribution in [3.63, 3.8) is 0 Å². The Labute approximate surface area is 122 Å². The molecule has 2 nitrogen and oxygen atoms in total. The minimum Gasteiger partial charge on any atom is -0.493 e. The van der Waals surface area contributed by atoms with Gasteiger partial charge >= 0.3 is 0 Å². The van der Waals surface area contributed by atoms with Gasteiger partial charge in [-0.05, 0) is 43.5 Å². The molecule has 0 bridgehead atoms. The Kier molecular flexibility index (Phi) is 4.93. The average molecular weight is 334 g/mol. The molecule has 0 spiro atoms. The maximum absolute atomic E-state index is 5.98. The van der Waals surface area contributed by atoms with E-state index in [2.05, 4.69) is 15.9 Å². The Morgan fingerprint density at radius 2 is 2.11 bits per heavy atom. The first-order chi connectivity index (χ1) is 8.65. The summed E-state index contributed by atoms with van der Waals surface area (Å²) in [5.74, 6) is 0.922. The second-order valence-electron chi connectivity index (χ2n) is 4.94. The van der Waals surface area contributed by atoms with Crippen LogP contribution in [0.3, 0.4) is 0 Å². The SMILES string of the molecule is Cc1cc(Cl)ccc1OCC1(CBr)CCOCC1. The number of aryl methyl sites for hydroxylation is 1. The second kappa shape index (κ2) is 6.27. The molecule has 1 heterocycles. The zero-order valence-electron chi connectivity index (χ0n) is 10.5. The van der Waals surface area contributed by atoms with Crippen LogP contribution in [0.5, 0.6) is 5.75 Å². The lowest BCUT2D eigenvalue weighted by Crippen LogP contribution is -2.36. The fourth-order valence-corrected chi connectivity index (χ4v) is 3.08. The van der Waals surface area contributed by atoms with Gasteiger partial charge in [-0.1, -0.05) is 27.5 Å². The molecule has 0 amide bonds. The van der Waals surface area contributed by atoms with E-state index in [1.807, 2.05) is 25.1 Å². The number of hydrogen-bond donors (Lipinski definition) is 0. The Bertz CT molecular complexity index is 403. The molecule has 0 atom stereocenters. The third-order valence-corrected chi connectivity index (χ3v) is 4.93. The van der Waals surface area contributed by atoms with E-state index in [4.69, 9.17) is 21.1 Å². The Morgan fingerprint density at radius 3 is 2.72 bits per heavy atom. The maximum atomic E-state index is 5.98. The fourth-order valence-electron chi connectivity index (χ4n) is 2.13. The van der Waals surface area contributed by atoms with Crippen molar-refractivity contribution in [3.8, 4) is 5.75 Å². The van der Waals surface area contributed by atoms with Gasteiger partial charge < -0.3 is 9.47 Å². The molecule has 1 aliphatic heterocycles. The van der Waals surface area contributed by atoms with E-state index >= 15 is 0 Å².